The van der Waals surface area contributed by atoms with Gasteiger partial charge in [-0.25, -0.2) is 0 Å². The largest absolute Gasteiger partial charge is 0.463 e. The topological polar surface area (TPSA) is 103 Å². The minimum atomic E-state index is -1.08. The average molecular weight is 427 g/mol. The molecule has 2 N–H and O–H groups in total. The summed E-state index contributed by atoms with van der Waals surface area (Å²) in [7, 11) is 0. The molecular weight excluding hydrogens is 402 g/mol. The number of benzene rings is 2. The van der Waals surface area contributed by atoms with Crippen LogP contribution in [0.2, 0.25) is 0 Å². The van der Waals surface area contributed by atoms with Gasteiger partial charge in [0.25, 0.3) is 0 Å². The van der Waals surface area contributed by atoms with Gasteiger partial charge in [0.1, 0.15) is 30.1 Å². The number of nitrogens with one attached hydrogen (secondary N) is 1. The molecule has 2 saturated heterocycles. The summed E-state index contributed by atoms with van der Waals surface area (Å²) in [6.45, 7) is 3.03. The number of rotatable bonds is 5. The Balaban J connectivity index is 1.52. The van der Waals surface area contributed by atoms with Crippen LogP contribution in [0.5, 0.6) is 5.75 Å². The standard InChI is InChI=1S/C23H25NO7/c1-13(25)15-8-10-17(11-9-15)29-23-19(24-14(2)26)20(27)21-18(30-23)12-28-22(31-21)16-6-4-3-5-7-16/h3-11,18-23,27H,12H2,1-2H3,(H,24,26)/t18-,19-,20-,21-,22-,23-/m1/s1. The number of aliphatic hydroxyl groups excluding tert-OH is 1. The summed E-state index contributed by atoms with van der Waals surface area (Å²) in [5.41, 5.74) is 1.38. The van der Waals surface area contributed by atoms with Crippen LogP contribution in [0.3, 0.4) is 0 Å². The quantitative estimate of drug-likeness (QED) is 0.703. The number of Topliss-reactive ketones (excluding diaryl/α,β-unsaturated/α-hetero) is 1. The van der Waals surface area contributed by atoms with Crippen LogP contribution in [0.25, 0.3) is 0 Å². The normalized spacial score (nSPS) is 30.2. The van der Waals surface area contributed by atoms with Crippen LogP contribution < -0.4 is 10.1 Å². The summed E-state index contributed by atoms with van der Waals surface area (Å²) in [4.78, 5) is 23.3. The highest BCUT2D eigenvalue weighted by Gasteiger charge is 2.50. The van der Waals surface area contributed by atoms with E-state index in [1.54, 1.807) is 24.3 Å². The Hall–Kier alpha value is -2.78. The van der Waals surface area contributed by atoms with Gasteiger partial charge in [0.15, 0.2) is 12.1 Å². The predicted molar refractivity (Wildman–Crippen MR) is 109 cm³/mol. The molecule has 6 atom stereocenters. The van der Waals surface area contributed by atoms with Crippen LogP contribution in [0, 0.1) is 0 Å². The van der Waals surface area contributed by atoms with Crippen LogP contribution in [0.1, 0.15) is 36.1 Å². The molecule has 2 aliphatic rings. The first-order chi connectivity index (χ1) is 14.9. The highest BCUT2D eigenvalue weighted by Crippen LogP contribution is 2.34. The van der Waals surface area contributed by atoms with Crippen molar-refractivity contribution in [3.8, 4) is 5.75 Å². The SMILES string of the molecule is CC(=O)N[C@H]1[C@H](Oc2ccc(C(C)=O)cc2)O[C@@H]2CO[C@@H](c3ccccc3)O[C@H]2[C@@H]1O. The highest BCUT2D eigenvalue weighted by molar-refractivity contribution is 5.94. The van der Waals surface area contributed by atoms with Gasteiger partial charge < -0.3 is 29.4 Å². The first-order valence-corrected chi connectivity index (χ1v) is 10.1. The lowest BCUT2D eigenvalue weighted by Gasteiger charge is -2.47. The zero-order valence-electron chi connectivity index (χ0n) is 17.3. The van der Waals surface area contributed by atoms with E-state index in [0.717, 1.165) is 5.56 Å². The number of hydrogen-bond donors (Lipinski definition) is 2. The first kappa shape index (κ1) is 21.5. The van der Waals surface area contributed by atoms with E-state index in [-0.39, 0.29) is 18.3 Å². The summed E-state index contributed by atoms with van der Waals surface area (Å²) in [5.74, 6) is 0.0495. The molecule has 0 aliphatic carbocycles. The number of aliphatic hydroxyl groups is 1. The molecule has 0 unspecified atom stereocenters. The van der Waals surface area contributed by atoms with Crippen LogP contribution in [0.15, 0.2) is 54.6 Å². The minimum absolute atomic E-state index is 0.0562. The maximum absolute atomic E-state index is 11.8. The molecule has 2 aromatic carbocycles. The third kappa shape index (κ3) is 4.77. The van der Waals surface area contributed by atoms with Crippen LogP contribution in [0.4, 0.5) is 0 Å². The Morgan fingerprint density at radius 3 is 2.39 bits per heavy atom. The number of ketones is 1. The Bertz CT molecular complexity index is 917. The third-order valence-electron chi connectivity index (χ3n) is 5.32. The summed E-state index contributed by atoms with van der Waals surface area (Å²) < 4.78 is 23.7. The molecule has 8 nitrogen and oxygen atoms in total. The van der Waals surface area contributed by atoms with Crippen LogP contribution >= 0.6 is 0 Å². The van der Waals surface area contributed by atoms with Gasteiger partial charge in [-0.1, -0.05) is 30.3 Å². The second kappa shape index (κ2) is 9.15. The van der Waals surface area contributed by atoms with Crippen molar-refractivity contribution in [1.29, 1.82) is 0 Å². The zero-order valence-corrected chi connectivity index (χ0v) is 17.3. The fraction of sp³-hybridized carbons (Fsp3) is 0.391. The Labute approximate surface area is 180 Å². The molecule has 164 valence electrons. The minimum Gasteiger partial charge on any atom is -0.463 e. The van der Waals surface area contributed by atoms with Crippen molar-refractivity contribution in [2.45, 2.75) is 50.8 Å². The fourth-order valence-corrected chi connectivity index (χ4v) is 3.76. The Morgan fingerprint density at radius 1 is 1.03 bits per heavy atom. The summed E-state index contributed by atoms with van der Waals surface area (Å²) in [5, 5.41) is 13.7. The lowest BCUT2D eigenvalue weighted by molar-refractivity contribution is -0.333. The second-order valence-corrected chi connectivity index (χ2v) is 7.63. The molecule has 8 heteroatoms. The van der Waals surface area contributed by atoms with E-state index in [4.69, 9.17) is 18.9 Å². The molecule has 2 heterocycles. The molecule has 0 aromatic heterocycles. The molecule has 2 fully saturated rings. The molecule has 0 bridgehead atoms. The van der Waals surface area contributed by atoms with Crippen molar-refractivity contribution in [2.24, 2.45) is 0 Å². The number of carbonyl (C=O) groups excluding carboxylic acids is 2. The predicted octanol–water partition coefficient (Wildman–Crippen LogP) is 1.97. The lowest BCUT2D eigenvalue weighted by atomic mass is 9.95. The van der Waals surface area contributed by atoms with Crippen LogP contribution in [-0.4, -0.2) is 54.0 Å². The smallest absolute Gasteiger partial charge is 0.223 e. The van der Waals surface area contributed by atoms with E-state index in [9.17, 15) is 14.7 Å². The van der Waals surface area contributed by atoms with Crippen molar-refractivity contribution in [3.63, 3.8) is 0 Å². The van der Waals surface area contributed by atoms with Gasteiger partial charge in [0.05, 0.1) is 6.61 Å². The van der Waals surface area contributed by atoms with Crippen molar-refractivity contribution in [2.75, 3.05) is 6.61 Å². The molecule has 31 heavy (non-hydrogen) atoms. The van der Waals surface area contributed by atoms with Gasteiger partial charge >= 0.3 is 0 Å². The summed E-state index contributed by atoms with van der Waals surface area (Å²) in [6.07, 6.45) is -3.99. The third-order valence-corrected chi connectivity index (χ3v) is 5.32. The summed E-state index contributed by atoms with van der Waals surface area (Å²) >= 11 is 0. The van der Waals surface area contributed by atoms with E-state index >= 15 is 0 Å². The fourth-order valence-electron chi connectivity index (χ4n) is 3.76. The molecular formula is C23H25NO7. The number of carbonyl (C=O) groups is 2. The van der Waals surface area contributed by atoms with Gasteiger partial charge in [-0.05, 0) is 31.2 Å². The van der Waals surface area contributed by atoms with Gasteiger partial charge in [-0.15, -0.1) is 0 Å². The van der Waals surface area contributed by atoms with E-state index < -0.39 is 36.9 Å². The van der Waals surface area contributed by atoms with Crippen molar-refractivity contribution in [1.82, 2.24) is 5.32 Å². The first-order valence-electron chi connectivity index (χ1n) is 10.1. The van der Waals surface area contributed by atoms with Gasteiger partial charge in [-0.3, -0.25) is 9.59 Å². The Morgan fingerprint density at radius 2 is 1.74 bits per heavy atom. The molecule has 4 rings (SSSR count). The van der Waals surface area contributed by atoms with Crippen molar-refractivity contribution in [3.05, 3.63) is 65.7 Å². The van der Waals surface area contributed by atoms with Crippen molar-refractivity contribution >= 4 is 11.7 Å². The number of amides is 1. The molecule has 0 radical (unpaired) electrons. The molecule has 0 spiro atoms. The zero-order chi connectivity index (χ0) is 22.0. The maximum Gasteiger partial charge on any atom is 0.223 e. The summed E-state index contributed by atoms with van der Waals surface area (Å²) in [6, 6.07) is 15.1. The van der Waals surface area contributed by atoms with E-state index in [2.05, 4.69) is 5.32 Å². The molecule has 1 amide bonds. The Kier molecular flexibility index (Phi) is 6.33. The van der Waals surface area contributed by atoms with E-state index in [0.29, 0.717) is 11.3 Å². The van der Waals surface area contributed by atoms with Crippen LogP contribution in [-0.2, 0) is 19.0 Å². The molecule has 0 saturated carbocycles. The number of ether oxygens (including phenoxy) is 4. The monoisotopic (exact) mass is 427 g/mol. The van der Waals surface area contributed by atoms with E-state index in [1.165, 1.54) is 13.8 Å². The number of fused-ring (bicyclic) bond motifs is 1. The lowest BCUT2D eigenvalue weighted by Crippen LogP contribution is -2.67. The molecule has 2 aromatic rings. The highest BCUT2D eigenvalue weighted by atomic mass is 16.7. The van der Waals surface area contributed by atoms with Gasteiger partial charge in [0, 0.05) is 18.1 Å². The van der Waals surface area contributed by atoms with Crippen molar-refractivity contribution < 1.29 is 33.6 Å². The number of hydrogen-bond acceptors (Lipinski definition) is 7. The van der Waals surface area contributed by atoms with Gasteiger partial charge in [0.2, 0.25) is 12.2 Å². The van der Waals surface area contributed by atoms with Gasteiger partial charge in [-0.2, -0.15) is 0 Å². The second-order valence-electron chi connectivity index (χ2n) is 7.63. The molecule has 2 aliphatic heterocycles. The average Bonchev–Trinajstić information content (AvgIpc) is 2.77. The van der Waals surface area contributed by atoms with E-state index in [1.807, 2.05) is 30.3 Å². The maximum atomic E-state index is 11.8.